The van der Waals surface area contributed by atoms with E-state index >= 15 is 0 Å². The SMILES string of the molecule is COc1ccc(Br)c(C(Nc2ccc(Br)cc2)C(N)=O)c1. The van der Waals surface area contributed by atoms with Crippen LogP contribution in [0.15, 0.2) is 51.4 Å². The molecule has 110 valence electrons. The number of hydrogen-bond donors (Lipinski definition) is 2. The van der Waals surface area contributed by atoms with Crippen molar-refractivity contribution >= 4 is 43.5 Å². The highest BCUT2D eigenvalue weighted by Crippen LogP contribution is 2.30. The fourth-order valence-electron chi connectivity index (χ4n) is 1.88. The Morgan fingerprint density at radius 3 is 2.43 bits per heavy atom. The van der Waals surface area contributed by atoms with Crippen molar-refractivity contribution in [2.45, 2.75) is 6.04 Å². The van der Waals surface area contributed by atoms with Crippen molar-refractivity contribution in [2.24, 2.45) is 5.73 Å². The van der Waals surface area contributed by atoms with Gasteiger partial charge in [-0.3, -0.25) is 4.79 Å². The number of methoxy groups -OCH3 is 1. The molecule has 0 fully saturated rings. The van der Waals surface area contributed by atoms with Crippen LogP contribution in [-0.2, 0) is 4.79 Å². The topological polar surface area (TPSA) is 64.3 Å². The van der Waals surface area contributed by atoms with Gasteiger partial charge in [0.15, 0.2) is 0 Å². The largest absolute Gasteiger partial charge is 0.497 e. The molecule has 0 aliphatic carbocycles. The normalized spacial score (nSPS) is 11.8. The number of primary amides is 1. The van der Waals surface area contributed by atoms with Crippen molar-refractivity contribution in [1.29, 1.82) is 0 Å². The average molecular weight is 414 g/mol. The molecule has 1 amide bonds. The third-order valence-corrected chi connectivity index (χ3v) is 4.20. The summed E-state index contributed by atoms with van der Waals surface area (Å²) in [5.74, 6) is 0.198. The molecule has 4 nitrogen and oxygen atoms in total. The summed E-state index contributed by atoms with van der Waals surface area (Å²) in [6.45, 7) is 0. The molecule has 0 saturated heterocycles. The second-order valence-electron chi connectivity index (χ2n) is 4.37. The van der Waals surface area contributed by atoms with Crippen LogP contribution >= 0.6 is 31.9 Å². The van der Waals surface area contributed by atoms with Gasteiger partial charge in [0.2, 0.25) is 5.91 Å². The van der Waals surface area contributed by atoms with Crippen LogP contribution in [0.1, 0.15) is 11.6 Å². The molecule has 0 spiro atoms. The van der Waals surface area contributed by atoms with E-state index in [1.54, 1.807) is 13.2 Å². The maximum absolute atomic E-state index is 11.8. The van der Waals surface area contributed by atoms with Crippen LogP contribution in [0, 0.1) is 0 Å². The van der Waals surface area contributed by atoms with Crippen molar-refractivity contribution < 1.29 is 9.53 Å². The molecule has 0 aliphatic rings. The van der Waals surface area contributed by atoms with Gasteiger partial charge in [0, 0.05) is 20.2 Å². The Balaban J connectivity index is 2.35. The van der Waals surface area contributed by atoms with E-state index in [-0.39, 0.29) is 0 Å². The zero-order valence-corrected chi connectivity index (χ0v) is 14.4. The molecule has 2 rings (SSSR count). The second-order valence-corrected chi connectivity index (χ2v) is 6.14. The van der Waals surface area contributed by atoms with E-state index in [0.29, 0.717) is 5.75 Å². The zero-order valence-electron chi connectivity index (χ0n) is 11.3. The number of carbonyl (C=O) groups excluding carboxylic acids is 1. The number of rotatable bonds is 5. The highest BCUT2D eigenvalue weighted by atomic mass is 79.9. The number of benzene rings is 2. The summed E-state index contributed by atoms with van der Waals surface area (Å²) >= 11 is 6.82. The lowest BCUT2D eigenvalue weighted by Crippen LogP contribution is -2.28. The van der Waals surface area contributed by atoms with E-state index in [1.807, 2.05) is 36.4 Å². The van der Waals surface area contributed by atoms with Crippen LogP contribution in [0.25, 0.3) is 0 Å². The number of hydrogen-bond acceptors (Lipinski definition) is 3. The molecule has 0 bridgehead atoms. The maximum Gasteiger partial charge on any atom is 0.244 e. The molecule has 0 aliphatic heterocycles. The number of nitrogens with one attached hydrogen (secondary N) is 1. The van der Waals surface area contributed by atoms with Crippen LogP contribution in [0.5, 0.6) is 5.75 Å². The molecule has 1 unspecified atom stereocenters. The molecule has 0 heterocycles. The molecular weight excluding hydrogens is 400 g/mol. The Labute approximate surface area is 139 Å². The molecule has 1 atom stereocenters. The first-order chi connectivity index (χ1) is 10.0. The van der Waals surface area contributed by atoms with Crippen LogP contribution in [0.3, 0.4) is 0 Å². The van der Waals surface area contributed by atoms with Gasteiger partial charge in [0.1, 0.15) is 11.8 Å². The Morgan fingerprint density at radius 1 is 1.19 bits per heavy atom. The lowest BCUT2D eigenvalue weighted by Gasteiger charge is -2.19. The monoisotopic (exact) mass is 412 g/mol. The molecule has 6 heteroatoms. The zero-order chi connectivity index (χ0) is 15.4. The molecule has 0 aromatic heterocycles. The molecular formula is C15H14Br2N2O2. The van der Waals surface area contributed by atoms with Gasteiger partial charge in [0.05, 0.1) is 7.11 Å². The summed E-state index contributed by atoms with van der Waals surface area (Å²) in [4.78, 5) is 11.8. The van der Waals surface area contributed by atoms with Crippen LogP contribution < -0.4 is 15.8 Å². The van der Waals surface area contributed by atoms with Crippen molar-refractivity contribution in [3.8, 4) is 5.75 Å². The lowest BCUT2D eigenvalue weighted by molar-refractivity contribution is -0.118. The van der Waals surface area contributed by atoms with Gasteiger partial charge in [-0.15, -0.1) is 0 Å². The van der Waals surface area contributed by atoms with E-state index in [2.05, 4.69) is 37.2 Å². The van der Waals surface area contributed by atoms with Crippen molar-refractivity contribution in [3.05, 3.63) is 57.0 Å². The van der Waals surface area contributed by atoms with Crippen LogP contribution in [0.2, 0.25) is 0 Å². The first-order valence-electron chi connectivity index (χ1n) is 6.16. The van der Waals surface area contributed by atoms with Gasteiger partial charge in [-0.2, -0.15) is 0 Å². The standard InChI is InChI=1S/C15H14Br2N2O2/c1-21-11-6-7-13(17)12(8-11)14(15(18)20)19-10-4-2-9(16)3-5-10/h2-8,14,19H,1H3,(H2,18,20). The van der Waals surface area contributed by atoms with Crippen molar-refractivity contribution in [3.63, 3.8) is 0 Å². The van der Waals surface area contributed by atoms with Crippen molar-refractivity contribution in [2.75, 3.05) is 12.4 Å². The number of anilines is 1. The Kier molecular flexibility index (Phi) is 5.25. The van der Waals surface area contributed by atoms with Gasteiger partial charge in [-0.1, -0.05) is 31.9 Å². The maximum atomic E-state index is 11.8. The smallest absolute Gasteiger partial charge is 0.244 e. The number of ether oxygens (including phenoxy) is 1. The van der Waals surface area contributed by atoms with E-state index in [9.17, 15) is 4.79 Å². The summed E-state index contributed by atoms with van der Waals surface area (Å²) in [6, 6.07) is 12.3. The Hall–Kier alpha value is -1.53. The predicted octanol–water partition coefficient (Wildman–Crippen LogP) is 3.86. The number of halogens is 2. The summed E-state index contributed by atoms with van der Waals surface area (Å²) in [7, 11) is 1.58. The van der Waals surface area contributed by atoms with E-state index in [4.69, 9.17) is 10.5 Å². The predicted molar refractivity (Wildman–Crippen MR) is 90.4 cm³/mol. The first-order valence-corrected chi connectivity index (χ1v) is 7.74. The molecule has 2 aromatic carbocycles. The fraction of sp³-hybridized carbons (Fsp3) is 0.133. The molecule has 2 aromatic rings. The fourth-order valence-corrected chi connectivity index (χ4v) is 2.62. The highest BCUT2D eigenvalue weighted by Gasteiger charge is 2.21. The average Bonchev–Trinajstić information content (AvgIpc) is 2.47. The van der Waals surface area contributed by atoms with E-state index in [0.717, 1.165) is 20.2 Å². The molecule has 21 heavy (non-hydrogen) atoms. The van der Waals surface area contributed by atoms with E-state index < -0.39 is 11.9 Å². The summed E-state index contributed by atoms with van der Waals surface area (Å²) in [6.07, 6.45) is 0. The number of amides is 1. The molecule has 0 saturated carbocycles. The van der Waals surface area contributed by atoms with Gasteiger partial charge in [-0.25, -0.2) is 0 Å². The number of carbonyl (C=O) groups is 1. The molecule has 0 radical (unpaired) electrons. The minimum Gasteiger partial charge on any atom is -0.497 e. The third-order valence-electron chi connectivity index (χ3n) is 2.95. The van der Waals surface area contributed by atoms with Gasteiger partial charge in [-0.05, 0) is 42.5 Å². The van der Waals surface area contributed by atoms with Crippen LogP contribution in [-0.4, -0.2) is 13.0 Å². The van der Waals surface area contributed by atoms with Crippen LogP contribution in [0.4, 0.5) is 5.69 Å². The third kappa shape index (κ3) is 3.98. The summed E-state index contributed by atoms with van der Waals surface area (Å²) < 4.78 is 6.95. The first kappa shape index (κ1) is 15.9. The second kappa shape index (κ2) is 6.95. The Morgan fingerprint density at radius 2 is 1.86 bits per heavy atom. The number of nitrogens with two attached hydrogens (primary N) is 1. The van der Waals surface area contributed by atoms with Gasteiger partial charge >= 0.3 is 0 Å². The van der Waals surface area contributed by atoms with Gasteiger partial charge < -0.3 is 15.8 Å². The molecule has 3 N–H and O–H groups in total. The van der Waals surface area contributed by atoms with E-state index in [1.165, 1.54) is 0 Å². The summed E-state index contributed by atoms with van der Waals surface area (Å²) in [5, 5.41) is 3.13. The Bertz CT molecular complexity index is 645. The highest BCUT2D eigenvalue weighted by molar-refractivity contribution is 9.10. The minimum atomic E-state index is -0.657. The minimum absolute atomic E-state index is 0.466. The summed E-state index contributed by atoms with van der Waals surface area (Å²) in [5.41, 5.74) is 7.06. The van der Waals surface area contributed by atoms with Crippen molar-refractivity contribution in [1.82, 2.24) is 0 Å². The van der Waals surface area contributed by atoms with Gasteiger partial charge in [0.25, 0.3) is 0 Å². The lowest BCUT2D eigenvalue weighted by atomic mass is 10.1. The quantitative estimate of drug-likeness (QED) is 0.782.